The van der Waals surface area contributed by atoms with Crippen LogP contribution in [-0.2, 0) is 15.9 Å². The Bertz CT molecular complexity index is 1180. The minimum absolute atomic E-state index is 0.00795. The van der Waals surface area contributed by atoms with Crippen molar-refractivity contribution >= 4 is 0 Å². The molecule has 0 aromatic heterocycles. The number of allylic oxidation sites excluding steroid dienone is 2. The van der Waals surface area contributed by atoms with Crippen molar-refractivity contribution < 1.29 is 54.7 Å². The van der Waals surface area contributed by atoms with E-state index >= 15 is 0 Å². The van der Waals surface area contributed by atoms with E-state index in [9.17, 15) is 35.7 Å². The van der Waals surface area contributed by atoms with Crippen molar-refractivity contribution in [3.8, 4) is 11.5 Å². The first-order chi connectivity index (χ1) is 21.4. The molecule has 1 saturated carbocycles. The van der Waals surface area contributed by atoms with E-state index in [4.69, 9.17) is 18.9 Å². The lowest BCUT2D eigenvalue weighted by molar-refractivity contribution is -0.308. The lowest BCUT2D eigenvalue weighted by atomic mass is 9.68. The van der Waals surface area contributed by atoms with Crippen LogP contribution in [0.5, 0.6) is 11.5 Å². The molecule has 0 spiro atoms. The first-order valence-electron chi connectivity index (χ1n) is 16.5. The first-order valence-corrected chi connectivity index (χ1v) is 16.5. The SMILES string of the molecule is CCCCCc1cc(O[C@@H]2O[C@H](CO)[C@@H](O)[C@H](O)[C@H]2O[C@@H]2C[C@H](CO)[C@@H](O)[C@H](O)[C@H]2O)c2c(c1)OC(C)(C)[C@@H]1CCC(C)=C[C@@H]21. The highest BCUT2D eigenvalue weighted by Crippen LogP contribution is 2.54. The van der Waals surface area contributed by atoms with Gasteiger partial charge in [0.2, 0.25) is 6.29 Å². The molecular weight excluding hydrogens is 584 g/mol. The normalized spacial score (nSPS) is 39.3. The molecule has 254 valence electrons. The van der Waals surface area contributed by atoms with Gasteiger partial charge in [-0.05, 0) is 70.6 Å². The first kappa shape index (κ1) is 34.5. The van der Waals surface area contributed by atoms with Crippen molar-refractivity contribution in [1.29, 1.82) is 0 Å². The van der Waals surface area contributed by atoms with Crippen LogP contribution in [0.3, 0.4) is 0 Å². The quantitative estimate of drug-likeness (QED) is 0.147. The molecule has 2 heterocycles. The van der Waals surface area contributed by atoms with Gasteiger partial charge in [0.1, 0.15) is 53.7 Å². The molecule has 2 fully saturated rings. The molecule has 2 aliphatic carbocycles. The highest BCUT2D eigenvalue weighted by Gasteiger charge is 2.52. The van der Waals surface area contributed by atoms with Crippen LogP contribution in [0.1, 0.15) is 83.3 Å². The summed E-state index contributed by atoms with van der Waals surface area (Å²) in [6.45, 7) is 7.46. The highest BCUT2D eigenvalue weighted by atomic mass is 16.7. The molecule has 0 unspecified atom stereocenters. The van der Waals surface area contributed by atoms with Crippen LogP contribution in [0.25, 0.3) is 0 Å². The zero-order chi connectivity index (χ0) is 32.6. The predicted octanol–water partition coefficient (Wildman–Crippen LogP) is 1.70. The van der Waals surface area contributed by atoms with Crippen molar-refractivity contribution in [3.63, 3.8) is 0 Å². The summed E-state index contributed by atoms with van der Waals surface area (Å²) in [4.78, 5) is 0. The smallest absolute Gasteiger partial charge is 0.229 e. The van der Waals surface area contributed by atoms with Crippen molar-refractivity contribution in [2.24, 2.45) is 11.8 Å². The van der Waals surface area contributed by atoms with Crippen molar-refractivity contribution in [2.75, 3.05) is 13.2 Å². The number of fused-ring (bicyclic) bond motifs is 3. The van der Waals surface area contributed by atoms with Crippen molar-refractivity contribution in [2.45, 2.75) is 139 Å². The van der Waals surface area contributed by atoms with E-state index in [1.54, 1.807) is 0 Å². The van der Waals surface area contributed by atoms with Crippen LogP contribution in [0, 0.1) is 11.8 Å². The fourth-order valence-corrected chi connectivity index (χ4v) is 7.60. The van der Waals surface area contributed by atoms with Gasteiger partial charge < -0.3 is 54.7 Å². The van der Waals surface area contributed by atoms with Gasteiger partial charge in [0, 0.05) is 29.9 Å². The van der Waals surface area contributed by atoms with E-state index in [-0.39, 0.29) is 18.3 Å². The summed E-state index contributed by atoms with van der Waals surface area (Å²) < 4.78 is 25.5. The average Bonchev–Trinajstić information content (AvgIpc) is 3.00. The van der Waals surface area contributed by atoms with Gasteiger partial charge in [-0.1, -0.05) is 31.4 Å². The van der Waals surface area contributed by atoms with Gasteiger partial charge in [0.15, 0.2) is 0 Å². The Kier molecular flexibility index (Phi) is 10.8. The Labute approximate surface area is 265 Å². The number of ether oxygens (including phenoxy) is 4. The second kappa shape index (κ2) is 14.1. The van der Waals surface area contributed by atoms with Gasteiger partial charge in [-0.3, -0.25) is 0 Å². The maximum Gasteiger partial charge on any atom is 0.229 e. The van der Waals surface area contributed by atoms with E-state index in [1.165, 1.54) is 5.57 Å². The number of aliphatic hydroxyl groups is 7. The van der Waals surface area contributed by atoms with Crippen LogP contribution in [-0.4, -0.2) is 110 Å². The molecule has 1 aromatic carbocycles. The Morgan fingerprint density at radius 2 is 1.69 bits per heavy atom. The molecule has 2 aliphatic heterocycles. The van der Waals surface area contributed by atoms with E-state index < -0.39 is 79.9 Å². The molecular formula is C34H52O11. The van der Waals surface area contributed by atoms with E-state index in [0.717, 1.165) is 55.4 Å². The third-order valence-electron chi connectivity index (χ3n) is 10.3. The topological polar surface area (TPSA) is 179 Å². The maximum absolute atomic E-state index is 11.2. The van der Waals surface area contributed by atoms with Crippen molar-refractivity contribution in [1.82, 2.24) is 0 Å². The standard InChI is InChI=1S/C34H52O11/c1-5-6-7-8-18-12-22(26-20-11-17(2)9-10-21(20)34(3,4)45-23(26)13-18)43-33-32(31(41)29(39)25(16-36)44-33)42-24-14-19(15-35)27(37)30(40)28(24)38/h11-13,19-21,24-25,27-33,35-41H,5-10,14-16H2,1-4H3/t19-,20-,21-,24-,25-,27-,28+,29-,30+,31+,32-,33-/m1/s1. The van der Waals surface area contributed by atoms with Crippen LogP contribution in [0.4, 0.5) is 0 Å². The third-order valence-corrected chi connectivity index (χ3v) is 10.3. The number of rotatable bonds is 10. The minimum atomic E-state index is -1.59. The zero-order valence-corrected chi connectivity index (χ0v) is 26.8. The summed E-state index contributed by atoms with van der Waals surface area (Å²) in [7, 11) is 0. The molecule has 45 heavy (non-hydrogen) atoms. The van der Waals surface area contributed by atoms with Gasteiger partial charge in [0.05, 0.1) is 18.8 Å². The molecule has 0 amide bonds. The summed E-state index contributed by atoms with van der Waals surface area (Å²) >= 11 is 0. The number of aliphatic hydroxyl groups excluding tert-OH is 7. The van der Waals surface area contributed by atoms with Crippen LogP contribution < -0.4 is 9.47 Å². The molecule has 0 bridgehead atoms. The molecule has 7 N–H and O–H groups in total. The Balaban J connectivity index is 1.53. The molecule has 5 rings (SSSR count). The second-order valence-corrected chi connectivity index (χ2v) is 14.0. The maximum atomic E-state index is 11.2. The van der Waals surface area contributed by atoms with Crippen LogP contribution in [0.15, 0.2) is 23.8 Å². The number of aryl methyl sites for hydroxylation is 1. The monoisotopic (exact) mass is 636 g/mol. The summed E-state index contributed by atoms with van der Waals surface area (Å²) in [5.74, 6) is 0.595. The summed E-state index contributed by atoms with van der Waals surface area (Å²) in [6, 6.07) is 4.05. The third kappa shape index (κ3) is 6.93. The number of unbranched alkanes of at least 4 members (excludes halogenated alkanes) is 2. The van der Waals surface area contributed by atoms with Gasteiger partial charge >= 0.3 is 0 Å². The summed E-state index contributed by atoms with van der Waals surface area (Å²) in [6.07, 6.45) is -4.54. The molecule has 11 nitrogen and oxygen atoms in total. The number of hydrogen-bond donors (Lipinski definition) is 7. The van der Waals surface area contributed by atoms with E-state index in [0.29, 0.717) is 5.75 Å². The van der Waals surface area contributed by atoms with Crippen LogP contribution >= 0.6 is 0 Å². The summed E-state index contributed by atoms with van der Waals surface area (Å²) in [5.41, 5.74) is 2.73. The average molecular weight is 637 g/mol. The Morgan fingerprint density at radius 1 is 0.933 bits per heavy atom. The molecule has 1 saturated heterocycles. The molecule has 1 aromatic rings. The van der Waals surface area contributed by atoms with Gasteiger partial charge in [-0.2, -0.15) is 0 Å². The van der Waals surface area contributed by atoms with Gasteiger partial charge in [0.25, 0.3) is 0 Å². The summed E-state index contributed by atoms with van der Waals surface area (Å²) in [5, 5.41) is 73.3. The van der Waals surface area contributed by atoms with Crippen LogP contribution in [0.2, 0.25) is 0 Å². The zero-order valence-electron chi connectivity index (χ0n) is 26.8. The Morgan fingerprint density at radius 3 is 2.38 bits per heavy atom. The number of benzene rings is 1. The predicted molar refractivity (Wildman–Crippen MR) is 164 cm³/mol. The van der Waals surface area contributed by atoms with E-state index in [2.05, 4.69) is 39.8 Å². The number of hydrogen-bond acceptors (Lipinski definition) is 11. The lowest BCUT2D eigenvalue weighted by Crippen LogP contribution is -2.64. The fourth-order valence-electron chi connectivity index (χ4n) is 7.60. The molecule has 11 heteroatoms. The molecule has 0 radical (unpaired) electrons. The largest absolute Gasteiger partial charge is 0.487 e. The van der Waals surface area contributed by atoms with Crippen molar-refractivity contribution in [3.05, 3.63) is 34.9 Å². The lowest BCUT2D eigenvalue weighted by Gasteiger charge is -2.48. The molecule has 12 atom stereocenters. The van der Waals surface area contributed by atoms with Gasteiger partial charge in [-0.15, -0.1) is 0 Å². The second-order valence-electron chi connectivity index (χ2n) is 14.0. The van der Waals surface area contributed by atoms with Gasteiger partial charge in [-0.25, -0.2) is 0 Å². The van der Waals surface area contributed by atoms with E-state index in [1.807, 2.05) is 6.07 Å². The Hall–Kier alpha value is -1.80. The molecule has 4 aliphatic rings. The highest BCUT2D eigenvalue weighted by molar-refractivity contribution is 5.54. The fraction of sp³-hybridized carbons (Fsp3) is 0.765. The minimum Gasteiger partial charge on any atom is -0.487 e.